The highest BCUT2D eigenvalue weighted by atomic mass is 32.1. The molecule has 2 heterocycles. The second kappa shape index (κ2) is 12.8. The summed E-state index contributed by atoms with van der Waals surface area (Å²) in [5.74, 6) is 0.756. The Hall–Kier alpha value is -5.85. The predicted molar refractivity (Wildman–Crippen MR) is 173 cm³/mol. The molecular formula is C36H27N3O5S. The van der Waals surface area contributed by atoms with Crippen LogP contribution in [0.15, 0.2) is 120 Å². The minimum absolute atomic E-state index is 0.0162. The van der Waals surface area contributed by atoms with Crippen LogP contribution in [0.2, 0.25) is 0 Å². The molecule has 4 aromatic carbocycles. The number of carbonyl (C=O) groups is 1. The van der Waals surface area contributed by atoms with Gasteiger partial charge in [-0.2, -0.15) is 5.26 Å². The molecule has 8 nitrogen and oxygen atoms in total. The van der Waals surface area contributed by atoms with Crippen LogP contribution in [0.1, 0.15) is 24.0 Å². The molecule has 1 aliphatic heterocycles. The highest BCUT2D eigenvalue weighted by Crippen LogP contribution is 2.38. The summed E-state index contributed by atoms with van der Waals surface area (Å²) in [7, 11) is 0. The molecule has 0 aliphatic carbocycles. The van der Waals surface area contributed by atoms with Crippen molar-refractivity contribution in [1.82, 2.24) is 4.57 Å². The average molecular weight is 614 g/mol. The van der Waals surface area contributed by atoms with Gasteiger partial charge in [0.25, 0.3) is 5.56 Å². The number of thiazole rings is 1. The second-order valence-electron chi connectivity index (χ2n) is 10.0. The molecule has 0 radical (unpaired) electrons. The first-order valence-electron chi connectivity index (χ1n) is 14.2. The molecule has 1 aromatic heterocycles. The molecule has 0 bridgehead atoms. The summed E-state index contributed by atoms with van der Waals surface area (Å²) in [4.78, 5) is 27.2. The van der Waals surface area contributed by atoms with E-state index in [4.69, 9.17) is 19.9 Å². The Kier molecular flexibility index (Phi) is 8.31. The van der Waals surface area contributed by atoms with E-state index >= 15 is 0 Å². The summed E-state index contributed by atoms with van der Waals surface area (Å²) in [5, 5.41) is 10.5. The van der Waals surface area contributed by atoms with E-state index in [9.17, 15) is 14.9 Å². The third-order valence-electron chi connectivity index (χ3n) is 7.07. The number of carbonyl (C=O) groups excluding carboxylic acids is 1. The van der Waals surface area contributed by atoms with Crippen LogP contribution < -0.4 is 30.0 Å². The van der Waals surface area contributed by atoms with Crippen molar-refractivity contribution in [2.45, 2.75) is 12.8 Å². The van der Waals surface area contributed by atoms with Crippen molar-refractivity contribution in [3.8, 4) is 29.1 Å². The van der Waals surface area contributed by atoms with Crippen LogP contribution in [0.3, 0.4) is 0 Å². The number of nitrogens with two attached hydrogens (primary N) is 1. The van der Waals surface area contributed by atoms with Gasteiger partial charge in [0, 0.05) is 0 Å². The fourth-order valence-corrected chi connectivity index (χ4v) is 6.25. The number of para-hydroxylation sites is 2. The number of benzene rings is 4. The number of nitrogens with zero attached hydrogens (tertiary/aromatic N) is 2. The zero-order valence-electron chi connectivity index (χ0n) is 24.2. The number of rotatable bonds is 8. The number of hydrogen-bond donors (Lipinski definition) is 1. The minimum atomic E-state index is -0.887. The van der Waals surface area contributed by atoms with Gasteiger partial charge in [0.05, 0.1) is 34.3 Å². The van der Waals surface area contributed by atoms with Crippen molar-refractivity contribution in [1.29, 1.82) is 5.26 Å². The number of esters is 1. The van der Waals surface area contributed by atoms with E-state index in [-0.39, 0.29) is 23.6 Å². The molecule has 6 rings (SSSR count). The quantitative estimate of drug-likeness (QED) is 0.230. The van der Waals surface area contributed by atoms with Gasteiger partial charge in [-0.1, -0.05) is 60.7 Å². The summed E-state index contributed by atoms with van der Waals surface area (Å²) in [6.45, 7) is 1.77. The standard InChI is InChI=1S/C36H27N3O5S/c1-2-42-36(41)32-31(24-12-10-18-28(21-24)44-26-15-7-4-8-16-26)29(22-37)35-39(33(32)38)34(40)30(45-35)20-23-11-9-17-27(19-23)43-25-13-5-3-6-14-25/h3-21,31H,2,38H2,1H3. The summed E-state index contributed by atoms with van der Waals surface area (Å²) in [5.41, 5.74) is 7.68. The fourth-order valence-electron chi connectivity index (χ4n) is 5.12. The van der Waals surface area contributed by atoms with Crippen LogP contribution in [-0.2, 0) is 9.53 Å². The average Bonchev–Trinajstić information content (AvgIpc) is 3.37. The van der Waals surface area contributed by atoms with Gasteiger partial charge in [0.1, 0.15) is 33.5 Å². The van der Waals surface area contributed by atoms with E-state index in [1.807, 2.05) is 84.9 Å². The van der Waals surface area contributed by atoms with Crippen LogP contribution >= 0.6 is 11.3 Å². The molecule has 2 N–H and O–H groups in total. The molecule has 1 aliphatic rings. The van der Waals surface area contributed by atoms with Crippen molar-refractivity contribution < 1.29 is 19.0 Å². The van der Waals surface area contributed by atoms with Crippen LogP contribution in [0.5, 0.6) is 23.0 Å². The summed E-state index contributed by atoms with van der Waals surface area (Å²) in [6, 6.07) is 35.3. The molecular weight excluding hydrogens is 586 g/mol. The normalized spacial score (nSPS) is 14.4. The van der Waals surface area contributed by atoms with Gasteiger partial charge in [0.15, 0.2) is 0 Å². The van der Waals surface area contributed by atoms with Gasteiger partial charge in [-0.3, -0.25) is 9.36 Å². The lowest BCUT2D eigenvalue weighted by atomic mass is 9.83. The van der Waals surface area contributed by atoms with Crippen LogP contribution in [-0.4, -0.2) is 17.1 Å². The van der Waals surface area contributed by atoms with Gasteiger partial charge >= 0.3 is 5.97 Å². The van der Waals surface area contributed by atoms with Gasteiger partial charge in [-0.15, -0.1) is 11.3 Å². The van der Waals surface area contributed by atoms with Crippen molar-refractivity contribution >= 4 is 34.8 Å². The molecule has 0 amide bonds. The summed E-state index contributed by atoms with van der Waals surface area (Å²) in [6.07, 6.45) is 1.71. The van der Waals surface area contributed by atoms with Crippen LogP contribution in [0, 0.1) is 11.3 Å². The Morgan fingerprint density at radius 2 is 1.49 bits per heavy atom. The van der Waals surface area contributed by atoms with Gasteiger partial charge in [-0.25, -0.2) is 4.79 Å². The third-order valence-corrected chi connectivity index (χ3v) is 8.18. The zero-order chi connectivity index (χ0) is 31.3. The smallest absolute Gasteiger partial charge is 0.338 e. The van der Waals surface area contributed by atoms with Gasteiger partial charge < -0.3 is 19.9 Å². The van der Waals surface area contributed by atoms with Crippen molar-refractivity contribution in [2.24, 2.45) is 5.73 Å². The van der Waals surface area contributed by atoms with Crippen molar-refractivity contribution in [3.63, 3.8) is 0 Å². The maximum atomic E-state index is 13.8. The Morgan fingerprint density at radius 1 is 0.889 bits per heavy atom. The molecule has 222 valence electrons. The van der Waals surface area contributed by atoms with Crippen molar-refractivity contribution in [3.05, 3.63) is 145 Å². The summed E-state index contributed by atoms with van der Waals surface area (Å²) < 4.78 is 19.3. The van der Waals surface area contributed by atoms with E-state index in [1.54, 1.807) is 37.3 Å². The van der Waals surface area contributed by atoms with Crippen molar-refractivity contribution in [2.75, 3.05) is 6.61 Å². The number of nitriles is 1. The predicted octanol–water partition coefficient (Wildman–Crippen LogP) is 5.49. The maximum absolute atomic E-state index is 13.8. The Morgan fingerprint density at radius 3 is 2.11 bits per heavy atom. The fraction of sp³-hybridized carbons (Fsp3) is 0.0833. The van der Waals surface area contributed by atoms with E-state index in [0.717, 1.165) is 11.3 Å². The Bertz CT molecular complexity index is 2140. The lowest BCUT2D eigenvalue weighted by molar-refractivity contribution is -0.138. The summed E-state index contributed by atoms with van der Waals surface area (Å²) >= 11 is 1.13. The molecule has 5 aromatic rings. The highest BCUT2D eigenvalue weighted by Gasteiger charge is 2.36. The minimum Gasteiger partial charge on any atom is -0.463 e. The lowest BCUT2D eigenvalue weighted by Gasteiger charge is -2.25. The lowest BCUT2D eigenvalue weighted by Crippen LogP contribution is -2.40. The van der Waals surface area contributed by atoms with Gasteiger partial charge in [0.2, 0.25) is 0 Å². The first-order valence-corrected chi connectivity index (χ1v) is 15.0. The first-order chi connectivity index (χ1) is 22.0. The van der Waals surface area contributed by atoms with E-state index in [1.165, 1.54) is 4.57 Å². The van der Waals surface area contributed by atoms with Crippen LogP contribution in [0.4, 0.5) is 0 Å². The third kappa shape index (κ3) is 6.00. The molecule has 9 heteroatoms. The Labute approximate surface area is 262 Å². The van der Waals surface area contributed by atoms with Crippen LogP contribution in [0.25, 0.3) is 17.5 Å². The number of hydrogen-bond acceptors (Lipinski definition) is 8. The molecule has 1 atom stereocenters. The molecule has 0 fully saturated rings. The second-order valence-corrected chi connectivity index (χ2v) is 11.0. The SMILES string of the molecule is CCOC(=O)C1=C(N)n2c(sc(=Cc3cccc(Oc4ccccc4)c3)c2=O)=C(C#N)C1c1cccc(Oc2ccccc2)c1. The van der Waals surface area contributed by atoms with E-state index < -0.39 is 17.4 Å². The highest BCUT2D eigenvalue weighted by molar-refractivity contribution is 7.07. The van der Waals surface area contributed by atoms with Gasteiger partial charge in [-0.05, 0) is 72.7 Å². The molecule has 0 spiro atoms. The molecule has 0 saturated carbocycles. The van der Waals surface area contributed by atoms with E-state index in [0.29, 0.717) is 43.3 Å². The number of aromatic nitrogens is 1. The monoisotopic (exact) mass is 613 g/mol. The zero-order valence-corrected chi connectivity index (χ0v) is 25.0. The Balaban J connectivity index is 1.48. The van der Waals surface area contributed by atoms with E-state index in [2.05, 4.69) is 6.07 Å². The molecule has 1 unspecified atom stereocenters. The topological polar surface area (TPSA) is 117 Å². The number of fused-ring (bicyclic) bond motifs is 1. The molecule has 45 heavy (non-hydrogen) atoms. The molecule has 0 saturated heterocycles. The maximum Gasteiger partial charge on any atom is 0.338 e. The largest absolute Gasteiger partial charge is 0.463 e. The number of ether oxygens (including phenoxy) is 3. The first kappa shape index (κ1) is 29.2.